The lowest BCUT2D eigenvalue weighted by Crippen LogP contribution is -2.45. The van der Waals surface area contributed by atoms with Crippen LogP contribution in [-0.2, 0) is 20.9 Å². The van der Waals surface area contributed by atoms with Gasteiger partial charge in [0.25, 0.3) is 5.89 Å². The van der Waals surface area contributed by atoms with Crippen molar-refractivity contribution in [3.8, 4) is 11.4 Å². The number of esters is 1. The number of rotatable bonds is 6. The first kappa shape index (κ1) is 18.0. The van der Waals surface area contributed by atoms with Gasteiger partial charge in [-0.05, 0) is 43.0 Å². The Morgan fingerprint density at radius 1 is 1.31 bits per heavy atom. The van der Waals surface area contributed by atoms with E-state index in [0.717, 1.165) is 25.7 Å². The number of carbonyl (C=O) groups is 2. The first-order chi connectivity index (χ1) is 12.5. The lowest BCUT2D eigenvalue weighted by molar-refractivity contribution is -0.151. The zero-order valence-electron chi connectivity index (χ0n) is 14.4. The van der Waals surface area contributed by atoms with Gasteiger partial charge < -0.3 is 14.6 Å². The summed E-state index contributed by atoms with van der Waals surface area (Å²) in [6.07, 6.45) is 3.85. The summed E-state index contributed by atoms with van der Waals surface area (Å²) in [7, 11) is 0. The maximum absolute atomic E-state index is 13.0. The molecule has 0 radical (unpaired) electrons. The van der Waals surface area contributed by atoms with E-state index in [4.69, 9.17) is 9.26 Å². The number of carbonyl (C=O) groups excluding carboxylic acids is 2. The molecule has 0 bridgehead atoms. The van der Waals surface area contributed by atoms with Gasteiger partial charge in [0.15, 0.2) is 6.61 Å². The van der Waals surface area contributed by atoms with Gasteiger partial charge in [0.2, 0.25) is 11.7 Å². The molecule has 1 heterocycles. The van der Waals surface area contributed by atoms with E-state index in [1.807, 2.05) is 0 Å². The third-order valence-corrected chi connectivity index (χ3v) is 4.39. The number of nitrogens with one attached hydrogen (secondary N) is 1. The van der Waals surface area contributed by atoms with Crippen molar-refractivity contribution in [3.05, 3.63) is 36.0 Å². The van der Waals surface area contributed by atoms with Crippen LogP contribution in [0.25, 0.3) is 11.4 Å². The Hall–Kier alpha value is -2.77. The second kappa shape index (κ2) is 8.07. The van der Waals surface area contributed by atoms with Crippen molar-refractivity contribution in [2.24, 2.45) is 5.92 Å². The molecule has 1 unspecified atom stereocenters. The highest BCUT2D eigenvalue weighted by Crippen LogP contribution is 2.28. The van der Waals surface area contributed by atoms with E-state index in [-0.39, 0.29) is 36.0 Å². The lowest BCUT2D eigenvalue weighted by Gasteiger charge is -2.21. The number of hydrogen-bond donors (Lipinski definition) is 1. The SMILES string of the molecule is CC(=O)NC(C(=O)OCc1nc(-c2ccc(F)cc2)no1)C1CCCC1. The number of nitrogens with zero attached hydrogens (tertiary/aromatic N) is 2. The predicted octanol–water partition coefficient (Wildman–Crippen LogP) is 2.61. The summed E-state index contributed by atoms with van der Waals surface area (Å²) >= 11 is 0. The number of halogens is 1. The average molecular weight is 361 g/mol. The highest BCUT2D eigenvalue weighted by atomic mass is 19.1. The third kappa shape index (κ3) is 4.44. The zero-order chi connectivity index (χ0) is 18.5. The van der Waals surface area contributed by atoms with Crippen molar-refractivity contribution in [3.63, 3.8) is 0 Å². The third-order valence-electron chi connectivity index (χ3n) is 4.39. The molecule has 1 N–H and O–H groups in total. The molecule has 1 aliphatic carbocycles. The molecule has 3 rings (SSSR count). The van der Waals surface area contributed by atoms with Crippen molar-refractivity contribution in [2.45, 2.75) is 45.3 Å². The van der Waals surface area contributed by atoms with E-state index in [1.54, 1.807) is 0 Å². The first-order valence-corrected chi connectivity index (χ1v) is 8.55. The molecule has 1 fully saturated rings. The Bertz CT molecular complexity index is 769. The minimum absolute atomic E-state index is 0.0869. The van der Waals surface area contributed by atoms with Gasteiger partial charge in [-0.25, -0.2) is 9.18 Å². The highest BCUT2D eigenvalue weighted by Gasteiger charge is 2.32. The molecule has 0 saturated heterocycles. The molecule has 1 aromatic heterocycles. The van der Waals surface area contributed by atoms with Crippen molar-refractivity contribution in [2.75, 3.05) is 0 Å². The molecule has 7 nitrogen and oxygen atoms in total. The monoisotopic (exact) mass is 361 g/mol. The van der Waals surface area contributed by atoms with Crippen molar-refractivity contribution in [1.82, 2.24) is 15.5 Å². The Kier molecular flexibility index (Phi) is 5.60. The highest BCUT2D eigenvalue weighted by molar-refractivity contribution is 5.83. The molecule has 26 heavy (non-hydrogen) atoms. The Labute approximate surface area is 149 Å². The fourth-order valence-corrected chi connectivity index (χ4v) is 3.13. The summed E-state index contributed by atoms with van der Waals surface area (Å²) < 4.78 is 23.3. The fourth-order valence-electron chi connectivity index (χ4n) is 3.13. The largest absolute Gasteiger partial charge is 0.454 e. The molecule has 1 atom stereocenters. The molecule has 8 heteroatoms. The summed E-state index contributed by atoms with van der Waals surface area (Å²) in [5.74, 6) is -0.633. The van der Waals surface area contributed by atoms with E-state index in [1.165, 1.54) is 31.2 Å². The van der Waals surface area contributed by atoms with E-state index in [9.17, 15) is 14.0 Å². The van der Waals surface area contributed by atoms with E-state index in [0.29, 0.717) is 5.56 Å². The number of hydrogen-bond acceptors (Lipinski definition) is 6. The molecule has 1 aromatic carbocycles. The van der Waals surface area contributed by atoms with Crippen molar-refractivity contribution < 1.29 is 23.2 Å². The molecular weight excluding hydrogens is 341 g/mol. The van der Waals surface area contributed by atoms with Crippen molar-refractivity contribution >= 4 is 11.9 Å². The van der Waals surface area contributed by atoms with Gasteiger partial charge in [0.1, 0.15) is 11.9 Å². The minimum Gasteiger partial charge on any atom is -0.454 e. The molecule has 1 amide bonds. The number of benzene rings is 1. The first-order valence-electron chi connectivity index (χ1n) is 8.55. The second-order valence-corrected chi connectivity index (χ2v) is 6.35. The summed E-state index contributed by atoms with van der Waals surface area (Å²) in [5, 5.41) is 6.47. The molecule has 1 saturated carbocycles. The van der Waals surface area contributed by atoms with Crippen LogP contribution in [0.1, 0.15) is 38.5 Å². The molecular formula is C18H20FN3O4. The number of amides is 1. The molecule has 0 aliphatic heterocycles. The Balaban J connectivity index is 1.61. The maximum atomic E-state index is 13.0. The molecule has 138 valence electrons. The number of ether oxygens (including phenoxy) is 1. The van der Waals surface area contributed by atoms with Crippen LogP contribution >= 0.6 is 0 Å². The van der Waals surface area contributed by atoms with Crippen LogP contribution in [0.3, 0.4) is 0 Å². The minimum atomic E-state index is -0.658. The summed E-state index contributed by atoms with van der Waals surface area (Å²) in [6.45, 7) is 1.19. The van der Waals surface area contributed by atoms with Crippen LogP contribution in [0.2, 0.25) is 0 Å². The van der Waals surface area contributed by atoms with E-state index in [2.05, 4.69) is 15.5 Å². The second-order valence-electron chi connectivity index (χ2n) is 6.35. The van der Waals surface area contributed by atoms with Crippen LogP contribution in [-0.4, -0.2) is 28.1 Å². The van der Waals surface area contributed by atoms with Gasteiger partial charge >= 0.3 is 5.97 Å². The fraction of sp³-hybridized carbons (Fsp3) is 0.444. The van der Waals surface area contributed by atoms with E-state index >= 15 is 0 Å². The summed E-state index contributed by atoms with van der Waals surface area (Å²) in [4.78, 5) is 27.9. The van der Waals surface area contributed by atoms with Crippen molar-refractivity contribution in [1.29, 1.82) is 0 Å². The average Bonchev–Trinajstić information content (AvgIpc) is 3.30. The van der Waals surface area contributed by atoms with Crippen LogP contribution < -0.4 is 5.32 Å². The smallest absolute Gasteiger partial charge is 0.329 e. The van der Waals surface area contributed by atoms with Crippen LogP contribution in [0, 0.1) is 11.7 Å². The van der Waals surface area contributed by atoms with Gasteiger partial charge in [-0.2, -0.15) is 4.98 Å². The summed E-state index contributed by atoms with van der Waals surface area (Å²) in [5.41, 5.74) is 0.592. The van der Waals surface area contributed by atoms with Crippen LogP contribution in [0.4, 0.5) is 4.39 Å². The van der Waals surface area contributed by atoms with Gasteiger partial charge in [0, 0.05) is 12.5 Å². The topological polar surface area (TPSA) is 94.3 Å². The maximum Gasteiger partial charge on any atom is 0.329 e. The Morgan fingerprint density at radius 2 is 2.00 bits per heavy atom. The molecule has 1 aliphatic rings. The van der Waals surface area contributed by atoms with E-state index < -0.39 is 12.0 Å². The normalized spacial score (nSPS) is 15.6. The lowest BCUT2D eigenvalue weighted by atomic mass is 9.98. The predicted molar refractivity (Wildman–Crippen MR) is 89.1 cm³/mol. The molecule has 2 aromatic rings. The number of aromatic nitrogens is 2. The van der Waals surface area contributed by atoms with Crippen LogP contribution in [0.5, 0.6) is 0 Å². The Morgan fingerprint density at radius 3 is 2.65 bits per heavy atom. The van der Waals surface area contributed by atoms with Gasteiger partial charge in [-0.15, -0.1) is 0 Å². The zero-order valence-corrected chi connectivity index (χ0v) is 14.4. The van der Waals surface area contributed by atoms with Crippen LogP contribution in [0.15, 0.2) is 28.8 Å². The quantitative estimate of drug-likeness (QED) is 0.795. The molecule has 0 spiro atoms. The summed E-state index contributed by atoms with van der Waals surface area (Å²) in [6, 6.07) is 5.00. The standard InChI is InChI=1S/C18H20FN3O4/c1-11(23)20-16(12-4-2-3-5-12)18(24)25-10-15-21-17(22-26-15)13-6-8-14(19)9-7-13/h6-9,12,16H,2-5,10H2,1H3,(H,20,23). The van der Waals surface area contributed by atoms with Gasteiger partial charge in [0.05, 0.1) is 0 Å². The van der Waals surface area contributed by atoms with Gasteiger partial charge in [-0.1, -0.05) is 18.0 Å². The van der Waals surface area contributed by atoms with Gasteiger partial charge in [-0.3, -0.25) is 4.79 Å².